The molecule has 2 heterocycles. The maximum absolute atomic E-state index is 13.6. The van der Waals surface area contributed by atoms with Crippen molar-refractivity contribution in [2.75, 3.05) is 7.11 Å². The third kappa shape index (κ3) is 3.04. The van der Waals surface area contributed by atoms with Crippen LogP contribution in [0.4, 0.5) is 17.7 Å². The molecule has 1 aromatic carbocycles. The molecule has 138 valence electrons. The predicted octanol–water partition coefficient (Wildman–Crippen LogP) is 3.83. The molecule has 26 heavy (non-hydrogen) atoms. The van der Waals surface area contributed by atoms with Crippen molar-refractivity contribution in [1.82, 2.24) is 14.7 Å². The summed E-state index contributed by atoms with van der Waals surface area (Å²) in [6.45, 7) is 1.50. The number of methoxy groups -OCH3 is 1. The van der Waals surface area contributed by atoms with Crippen molar-refractivity contribution in [3.63, 3.8) is 0 Å². The molecule has 0 bridgehead atoms. The van der Waals surface area contributed by atoms with Crippen molar-refractivity contribution < 1.29 is 27.2 Å². The fraction of sp³-hybridized carbons (Fsp3) is 0.294. The van der Waals surface area contributed by atoms with Crippen molar-refractivity contribution in [1.29, 1.82) is 0 Å². The van der Waals surface area contributed by atoms with E-state index in [4.69, 9.17) is 4.74 Å². The Bertz CT molecular complexity index is 887. The molecule has 0 amide bonds. The van der Waals surface area contributed by atoms with Gasteiger partial charge < -0.3 is 9.30 Å². The lowest BCUT2D eigenvalue weighted by Gasteiger charge is -2.18. The van der Waals surface area contributed by atoms with Gasteiger partial charge >= 0.3 is 6.18 Å². The fourth-order valence-corrected chi connectivity index (χ4v) is 2.83. The lowest BCUT2D eigenvalue weighted by molar-refractivity contribution is -0.138. The lowest BCUT2D eigenvalue weighted by Crippen LogP contribution is -2.22. The van der Waals surface area contributed by atoms with Crippen LogP contribution in [0.3, 0.4) is 0 Å². The van der Waals surface area contributed by atoms with E-state index < -0.39 is 17.5 Å². The zero-order valence-electron chi connectivity index (χ0n) is 14.0. The summed E-state index contributed by atoms with van der Waals surface area (Å²) in [4.78, 5) is 17.2. The second-order valence-electron chi connectivity index (χ2n) is 5.65. The highest BCUT2D eigenvalue weighted by Crippen LogP contribution is 2.37. The van der Waals surface area contributed by atoms with E-state index in [-0.39, 0.29) is 23.7 Å². The number of ketones is 1. The Hall–Kier alpha value is -2.84. The molecule has 0 spiro atoms. The molecule has 0 N–H and O–H groups in total. The molecule has 9 heteroatoms. The van der Waals surface area contributed by atoms with E-state index in [1.54, 1.807) is 6.92 Å². The van der Waals surface area contributed by atoms with Gasteiger partial charge in [0.15, 0.2) is 0 Å². The molecule has 0 fully saturated rings. The minimum atomic E-state index is -4.68. The normalized spacial score (nSPS) is 13.7. The average molecular weight is 369 g/mol. The molecule has 1 aromatic heterocycles. The van der Waals surface area contributed by atoms with Crippen LogP contribution in [-0.2, 0) is 19.3 Å². The topological polar surface area (TPSA) is 47.4 Å². The Kier molecular flexibility index (Phi) is 4.47. The van der Waals surface area contributed by atoms with Gasteiger partial charge in [0.1, 0.15) is 23.9 Å². The van der Waals surface area contributed by atoms with Crippen LogP contribution in [0.5, 0.6) is 5.75 Å². The molecule has 3 rings (SSSR count). The van der Waals surface area contributed by atoms with Crippen molar-refractivity contribution in [3.8, 4) is 5.75 Å². The van der Waals surface area contributed by atoms with E-state index in [0.717, 1.165) is 19.2 Å². The summed E-state index contributed by atoms with van der Waals surface area (Å²) in [7, 11) is 1.12. The molecular weight excluding hydrogens is 354 g/mol. The van der Waals surface area contributed by atoms with Crippen LogP contribution < -0.4 is 4.74 Å². The second-order valence-corrected chi connectivity index (χ2v) is 5.65. The number of halogens is 4. The number of fused-ring (bicyclic) bond motifs is 1. The van der Waals surface area contributed by atoms with Crippen LogP contribution >= 0.6 is 0 Å². The Balaban J connectivity index is 2.11. The summed E-state index contributed by atoms with van der Waals surface area (Å²) in [5.41, 5.74) is -0.744. The molecule has 5 nitrogen and oxygen atoms in total. The SMILES string of the molecule is CCc1nc2n(c1C(=O)c1ccc(OC)c(C(F)(F)F)c1)CN(F)C=C2. The largest absolute Gasteiger partial charge is 0.496 e. The van der Waals surface area contributed by atoms with Gasteiger partial charge in [-0.1, -0.05) is 11.4 Å². The third-order valence-electron chi connectivity index (χ3n) is 4.05. The number of hydrogen-bond acceptors (Lipinski definition) is 4. The van der Waals surface area contributed by atoms with Crippen LogP contribution in [0.2, 0.25) is 0 Å². The van der Waals surface area contributed by atoms with Crippen molar-refractivity contribution in [2.45, 2.75) is 26.2 Å². The third-order valence-corrected chi connectivity index (χ3v) is 4.05. The minimum Gasteiger partial charge on any atom is -0.496 e. The van der Waals surface area contributed by atoms with E-state index in [1.165, 1.54) is 22.9 Å². The smallest absolute Gasteiger partial charge is 0.419 e. The molecule has 0 aliphatic carbocycles. The van der Waals surface area contributed by atoms with E-state index in [2.05, 4.69) is 4.98 Å². The number of carbonyl (C=O) groups excluding carboxylic acids is 1. The Labute approximate surface area is 146 Å². The van der Waals surface area contributed by atoms with Crippen molar-refractivity contribution in [2.24, 2.45) is 0 Å². The highest BCUT2D eigenvalue weighted by Gasteiger charge is 2.35. The minimum absolute atomic E-state index is 0.0767. The van der Waals surface area contributed by atoms with Gasteiger partial charge in [0.25, 0.3) is 0 Å². The van der Waals surface area contributed by atoms with Crippen LogP contribution in [0.25, 0.3) is 6.08 Å². The van der Waals surface area contributed by atoms with Gasteiger partial charge in [-0.2, -0.15) is 18.3 Å². The molecule has 0 atom stereocenters. The molecule has 0 saturated heterocycles. The summed E-state index contributed by atoms with van der Waals surface area (Å²) in [6, 6.07) is 3.09. The first-order valence-electron chi connectivity index (χ1n) is 7.76. The van der Waals surface area contributed by atoms with Crippen LogP contribution in [0.1, 0.15) is 40.1 Å². The lowest BCUT2D eigenvalue weighted by atomic mass is 10.0. The Morgan fingerprint density at radius 3 is 2.69 bits per heavy atom. The van der Waals surface area contributed by atoms with Gasteiger partial charge in [-0.05, 0) is 30.7 Å². The number of rotatable bonds is 4. The standard InChI is InChI=1S/C17H15F4N3O2/c1-3-12-15(24-9-23(21)7-6-14(24)22-12)16(25)10-4-5-13(26-2)11(8-10)17(18,19)20/h4-8H,3,9H2,1-2H3. The number of hydrogen-bond donors (Lipinski definition) is 0. The second kappa shape index (κ2) is 6.47. The summed E-state index contributed by atoms with van der Waals surface area (Å²) < 4.78 is 59.3. The van der Waals surface area contributed by atoms with Gasteiger partial charge in [-0.25, -0.2) is 4.98 Å². The van der Waals surface area contributed by atoms with Gasteiger partial charge in [0, 0.05) is 11.8 Å². The first kappa shape index (κ1) is 18.0. The number of alkyl halides is 3. The monoisotopic (exact) mass is 369 g/mol. The molecule has 1 aliphatic rings. The van der Waals surface area contributed by atoms with E-state index >= 15 is 0 Å². The van der Waals surface area contributed by atoms with Crippen molar-refractivity contribution in [3.05, 3.63) is 52.7 Å². The maximum atomic E-state index is 13.6. The number of carbonyl (C=O) groups is 1. The predicted molar refractivity (Wildman–Crippen MR) is 85.0 cm³/mol. The van der Waals surface area contributed by atoms with Crippen molar-refractivity contribution >= 4 is 11.9 Å². The zero-order chi connectivity index (χ0) is 19.1. The summed E-state index contributed by atoms with van der Waals surface area (Å²) in [5, 5.41) is 0.361. The first-order valence-corrected chi connectivity index (χ1v) is 7.76. The van der Waals surface area contributed by atoms with Crippen LogP contribution in [0, 0.1) is 0 Å². The average Bonchev–Trinajstić information content (AvgIpc) is 2.97. The van der Waals surface area contributed by atoms with Gasteiger partial charge in [-0.3, -0.25) is 4.79 Å². The Morgan fingerprint density at radius 1 is 1.35 bits per heavy atom. The molecule has 2 aromatic rings. The summed E-state index contributed by atoms with van der Waals surface area (Å²) in [5.74, 6) is -0.654. The van der Waals surface area contributed by atoms with Gasteiger partial charge in [0.05, 0.1) is 18.4 Å². The highest BCUT2D eigenvalue weighted by atomic mass is 19.4. The molecule has 1 aliphatic heterocycles. The molecular formula is C17H15F4N3O2. The number of aryl methyl sites for hydroxylation is 1. The van der Waals surface area contributed by atoms with Crippen LogP contribution in [0.15, 0.2) is 24.4 Å². The molecule has 0 radical (unpaired) electrons. The fourth-order valence-electron chi connectivity index (χ4n) is 2.83. The van der Waals surface area contributed by atoms with E-state index in [1.807, 2.05) is 0 Å². The zero-order valence-corrected chi connectivity index (χ0v) is 14.0. The summed E-state index contributed by atoms with van der Waals surface area (Å²) >= 11 is 0. The number of aromatic nitrogens is 2. The highest BCUT2D eigenvalue weighted by molar-refractivity contribution is 6.09. The van der Waals surface area contributed by atoms with Gasteiger partial charge in [0.2, 0.25) is 5.78 Å². The van der Waals surface area contributed by atoms with Gasteiger partial charge in [-0.15, -0.1) is 0 Å². The number of benzene rings is 1. The first-order chi connectivity index (χ1) is 12.3. The molecule has 0 unspecified atom stereocenters. The van der Waals surface area contributed by atoms with Crippen LogP contribution in [-0.4, -0.2) is 27.6 Å². The number of nitrogens with zero attached hydrogens (tertiary/aromatic N) is 3. The number of ether oxygens (including phenoxy) is 1. The molecule has 0 saturated carbocycles. The summed E-state index contributed by atoms with van der Waals surface area (Å²) in [6.07, 6.45) is -1.73. The maximum Gasteiger partial charge on any atom is 0.419 e. The van der Waals surface area contributed by atoms with E-state index in [0.29, 0.717) is 23.1 Å². The Morgan fingerprint density at radius 2 is 2.08 bits per heavy atom. The quantitative estimate of drug-likeness (QED) is 0.467. The van der Waals surface area contributed by atoms with E-state index in [9.17, 15) is 22.4 Å². The number of imidazole rings is 1.